The highest BCUT2D eigenvalue weighted by Crippen LogP contribution is 2.26. The van der Waals surface area contributed by atoms with Gasteiger partial charge in [-0.15, -0.1) is 0 Å². The van der Waals surface area contributed by atoms with Crippen LogP contribution >= 0.6 is 0 Å². The molecule has 1 heterocycles. The maximum atomic E-state index is 13.3. The number of hydrogen-bond acceptors (Lipinski definition) is 2. The van der Waals surface area contributed by atoms with E-state index in [2.05, 4.69) is 12.2 Å². The number of halogens is 2. The van der Waals surface area contributed by atoms with E-state index in [1.165, 1.54) is 12.1 Å². The van der Waals surface area contributed by atoms with Crippen molar-refractivity contribution >= 4 is 0 Å². The van der Waals surface area contributed by atoms with Gasteiger partial charge in [-0.3, -0.25) is 0 Å². The van der Waals surface area contributed by atoms with Crippen LogP contribution in [0, 0.1) is 11.6 Å². The molecule has 1 saturated heterocycles. The highest BCUT2D eigenvalue weighted by Gasteiger charge is 2.22. The average Bonchev–Trinajstić information content (AvgIpc) is 2.86. The van der Waals surface area contributed by atoms with E-state index in [0.717, 1.165) is 44.9 Å². The van der Waals surface area contributed by atoms with Crippen molar-refractivity contribution in [1.82, 2.24) is 5.32 Å². The summed E-state index contributed by atoms with van der Waals surface area (Å²) in [6.07, 6.45) is 4.05. The maximum Gasteiger partial charge on any atom is 0.126 e. The summed E-state index contributed by atoms with van der Waals surface area (Å²) in [5, 5.41) is 3.35. The van der Waals surface area contributed by atoms with E-state index in [-0.39, 0.29) is 12.1 Å². The van der Waals surface area contributed by atoms with Gasteiger partial charge in [0.15, 0.2) is 0 Å². The average molecular weight is 269 g/mol. The topological polar surface area (TPSA) is 21.3 Å². The van der Waals surface area contributed by atoms with Crippen molar-refractivity contribution in [3.05, 3.63) is 35.4 Å². The zero-order valence-electron chi connectivity index (χ0n) is 11.3. The van der Waals surface area contributed by atoms with Crippen LogP contribution < -0.4 is 5.32 Å². The first-order valence-electron chi connectivity index (χ1n) is 7.00. The third kappa shape index (κ3) is 4.25. The van der Waals surface area contributed by atoms with Crippen LogP contribution in [0.15, 0.2) is 18.2 Å². The molecule has 2 unspecified atom stereocenters. The van der Waals surface area contributed by atoms with Gasteiger partial charge in [-0.05, 0) is 49.9 Å². The fourth-order valence-corrected chi connectivity index (χ4v) is 2.53. The first kappa shape index (κ1) is 14.4. The molecule has 4 heteroatoms. The summed E-state index contributed by atoms with van der Waals surface area (Å²) in [5.41, 5.74) is 0.668. The quantitative estimate of drug-likeness (QED) is 0.852. The Morgan fingerprint density at radius 3 is 2.63 bits per heavy atom. The predicted octanol–water partition coefficient (Wildman–Crippen LogP) is 3.57. The van der Waals surface area contributed by atoms with Crippen molar-refractivity contribution < 1.29 is 13.5 Å². The summed E-state index contributed by atoms with van der Waals surface area (Å²) in [6, 6.07) is 3.68. The Morgan fingerprint density at radius 1 is 1.32 bits per heavy atom. The van der Waals surface area contributed by atoms with Crippen LogP contribution in [0.1, 0.15) is 44.2 Å². The maximum absolute atomic E-state index is 13.3. The molecule has 0 amide bonds. The van der Waals surface area contributed by atoms with Crippen molar-refractivity contribution in [3.8, 4) is 0 Å². The predicted molar refractivity (Wildman–Crippen MR) is 71.0 cm³/mol. The molecule has 1 aromatic rings. The Kier molecular flexibility index (Phi) is 5.28. The molecule has 106 valence electrons. The minimum Gasteiger partial charge on any atom is -0.378 e. The van der Waals surface area contributed by atoms with E-state index >= 15 is 0 Å². The van der Waals surface area contributed by atoms with Crippen LogP contribution in [0.3, 0.4) is 0 Å². The van der Waals surface area contributed by atoms with Crippen molar-refractivity contribution in [3.63, 3.8) is 0 Å². The van der Waals surface area contributed by atoms with Gasteiger partial charge >= 0.3 is 0 Å². The molecule has 19 heavy (non-hydrogen) atoms. The number of nitrogens with one attached hydrogen (secondary N) is 1. The minimum atomic E-state index is -0.523. The minimum absolute atomic E-state index is 0.0479. The lowest BCUT2D eigenvalue weighted by Crippen LogP contribution is -2.26. The fraction of sp³-hybridized carbons (Fsp3) is 0.600. The van der Waals surface area contributed by atoms with E-state index in [0.29, 0.717) is 5.56 Å². The van der Waals surface area contributed by atoms with Gasteiger partial charge in [-0.25, -0.2) is 8.78 Å². The lowest BCUT2D eigenvalue weighted by atomic mass is 9.99. The largest absolute Gasteiger partial charge is 0.378 e. The third-order valence-electron chi connectivity index (χ3n) is 3.45. The van der Waals surface area contributed by atoms with Crippen LogP contribution in [-0.2, 0) is 4.74 Å². The highest BCUT2D eigenvalue weighted by atomic mass is 19.1. The van der Waals surface area contributed by atoms with Gasteiger partial charge in [0.1, 0.15) is 11.6 Å². The second-order valence-electron chi connectivity index (χ2n) is 5.08. The second-order valence-corrected chi connectivity index (χ2v) is 5.08. The Labute approximate surface area is 113 Å². The molecule has 1 aliphatic heterocycles. The monoisotopic (exact) mass is 269 g/mol. The highest BCUT2D eigenvalue weighted by molar-refractivity contribution is 5.21. The molecule has 0 bridgehead atoms. The van der Waals surface area contributed by atoms with E-state index in [9.17, 15) is 8.78 Å². The van der Waals surface area contributed by atoms with Crippen LogP contribution in [0.25, 0.3) is 0 Å². The molecule has 0 spiro atoms. The van der Waals surface area contributed by atoms with Crippen LogP contribution in [0.2, 0.25) is 0 Å². The molecule has 0 saturated carbocycles. The Bertz CT molecular complexity index is 385. The first-order valence-corrected chi connectivity index (χ1v) is 7.00. The van der Waals surface area contributed by atoms with Gasteiger partial charge in [0.25, 0.3) is 0 Å². The molecule has 0 radical (unpaired) electrons. The van der Waals surface area contributed by atoms with Gasteiger partial charge in [-0.1, -0.05) is 6.92 Å². The van der Waals surface area contributed by atoms with Gasteiger partial charge in [0.2, 0.25) is 0 Å². The molecule has 1 fully saturated rings. The molecule has 0 aliphatic carbocycles. The number of benzene rings is 1. The van der Waals surface area contributed by atoms with E-state index in [1.807, 2.05) is 0 Å². The Morgan fingerprint density at radius 2 is 2.05 bits per heavy atom. The Balaban J connectivity index is 2.10. The van der Waals surface area contributed by atoms with Crippen molar-refractivity contribution in [2.75, 3.05) is 13.2 Å². The lowest BCUT2D eigenvalue weighted by Gasteiger charge is -2.22. The van der Waals surface area contributed by atoms with E-state index in [4.69, 9.17) is 4.74 Å². The normalized spacial score (nSPS) is 20.7. The number of ether oxygens (including phenoxy) is 1. The Hall–Kier alpha value is -1.00. The number of hydrogen-bond donors (Lipinski definition) is 1. The smallest absolute Gasteiger partial charge is 0.126 e. The first-order chi connectivity index (χ1) is 9.19. The molecule has 1 aromatic carbocycles. The van der Waals surface area contributed by atoms with E-state index in [1.54, 1.807) is 0 Å². The summed E-state index contributed by atoms with van der Waals surface area (Å²) in [4.78, 5) is 0. The standard InChI is InChI=1S/C15H21F2NO/c1-2-5-18-15(10-14-4-3-6-19-14)11-7-12(16)9-13(17)8-11/h7-9,14-15,18H,2-6,10H2,1H3. The summed E-state index contributed by atoms with van der Waals surface area (Å²) >= 11 is 0. The third-order valence-corrected chi connectivity index (χ3v) is 3.45. The molecule has 2 atom stereocenters. The van der Waals surface area contributed by atoms with Crippen LogP contribution in [-0.4, -0.2) is 19.3 Å². The zero-order chi connectivity index (χ0) is 13.7. The van der Waals surface area contributed by atoms with Crippen molar-refractivity contribution in [2.45, 2.75) is 44.8 Å². The summed E-state index contributed by atoms with van der Waals surface area (Å²) < 4.78 is 32.3. The summed E-state index contributed by atoms with van der Waals surface area (Å²) in [7, 11) is 0. The molecule has 0 aromatic heterocycles. The zero-order valence-corrected chi connectivity index (χ0v) is 11.3. The van der Waals surface area contributed by atoms with Gasteiger partial charge in [0.05, 0.1) is 6.10 Å². The van der Waals surface area contributed by atoms with Gasteiger partial charge < -0.3 is 10.1 Å². The molecular formula is C15H21F2NO. The SMILES string of the molecule is CCCNC(CC1CCCO1)c1cc(F)cc(F)c1. The summed E-state index contributed by atoms with van der Waals surface area (Å²) in [5.74, 6) is -1.05. The molecule has 2 rings (SSSR count). The van der Waals surface area contributed by atoms with Gasteiger partial charge in [-0.2, -0.15) is 0 Å². The lowest BCUT2D eigenvalue weighted by molar-refractivity contribution is 0.0945. The second kappa shape index (κ2) is 6.96. The fourth-order valence-electron chi connectivity index (χ4n) is 2.53. The number of rotatable bonds is 6. The van der Waals surface area contributed by atoms with Crippen LogP contribution in [0.5, 0.6) is 0 Å². The van der Waals surface area contributed by atoms with Gasteiger partial charge in [0, 0.05) is 18.7 Å². The van der Waals surface area contributed by atoms with Crippen molar-refractivity contribution in [1.29, 1.82) is 0 Å². The van der Waals surface area contributed by atoms with Crippen LogP contribution in [0.4, 0.5) is 8.78 Å². The molecule has 1 aliphatic rings. The summed E-state index contributed by atoms with van der Waals surface area (Å²) in [6.45, 7) is 3.69. The molecule has 2 nitrogen and oxygen atoms in total. The molecule has 1 N–H and O–H groups in total. The molecular weight excluding hydrogens is 248 g/mol. The van der Waals surface area contributed by atoms with E-state index < -0.39 is 11.6 Å². The van der Waals surface area contributed by atoms with Crippen molar-refractivity contribution in [2.24, 2.45) is 0 Å².